The molecule has 2 unspecified atom stereocenters. The second kappa shape index (κ2) is 6.55. The van der Waals surface area contributed by atoms with Crippen LogP contribution in [0.25, 0.3) is 0 Å². The summed E-state index contributed by atoms with van der Waals surface area (Å²) in [7, 11) is -3.62. The Balaban J connectivity index is 2.23. The lowest BCUT2D eigenvalue weighted by molar-refractivity contribution is -0.120. The summed E-state index contributed by atoms with van der Waals surface area (Å²) >= 11 is 0. The number of sulfonamides is 1. The van der Waals surface area contributed by atoms with Crippen LogP contribution in [0.3, 0.4) is 0 Å². The Morgan fingerprint density at radius 2 is 2.05 bits per heavy atom. The molecule has 2 atom stereocenters. The predicted molar refractivity (Wildman–Crippen MR) is 81.3 cm³/mol. The molecule has 0 bridgehead atoms. The van der Waals surface area contributed by atoms with Crippen molar-refractivity contribution in [2.45, 2.75) is 37.1 Å². The molecule has 2 rings (SSSR count). The molecule has 0 heterocycles. The number of nitrogens with one attached hydrogen (secondary N) is 2. The predicted octanol–water partition coefficient (Wildman–Crippen LogP) is 1.05. The first-order valence-electron chi connectivity index (χ1n) is 7.11. The summed E-state index contributed by atoms with van der Waals surface area (Å²) in [5.74, 6) is -0.459. The minimum absolute atomic E-state index is 0.0757. The zero-order valence-electron chi connectivity index (χ0n) is 12.0. The van der Waals surface area contributed by atoms with Crippen LogP contribution in [0, 0.1) is 5.92 Å². The number of nitrogens with two attached hydrogens (primary N) is 1. The van der Waals surface area contributed by atoms with Crippen molar-refractivity contribution in [3.63, 3.8) is 0 Å². The van der Waals surface area contributed by atoms with Crippen LogP contribution in [0.2, 0.25) is 0 Å². The van der Waals surface area contributed by atoms with Crippen LogP contribution in [0.4, 0.5) is 5.69 Å². The zero-order chi connectivity index (χ0) is 15.5. The lowest BCUT2D eigenvalue weighted by Crippen LogP contribution is -2.35. The van der Waals surface area contributed by atoms with Gasteiger partial charge in [-0.3, -0.25) is 4.79 Å². The van der Waals surface area contributed by atoms with Crippen LogP contribution in [-0.4, -0.2) is 26.9 Å². The molecular formula is C14H21N3O3S. The second-order valence-corrected chi connectivity index (χ2v) is 6.92. The average molecular weight is 311 g/mol. The van der Waals surface area contributed by atoms with Crippen molar-refractivity contribution < 1.29 is 13.2 Å². The van der Waals surface area contributed by atoms with Crippen molar-refractivity contribution in [1.29, 1.82) is 0 Å². The molecule has 0 saturated heterocycles. The van der Waals surface area contributed by atoms with Crippen LogP contribution in [0.15, 0.2) is 29.2 Å². The molecule has 1 aromatic carbocycles. The zero-order valence-corrected chi connectivity index (χ0v) is 12.8. The highest BCUT2D eigenvalue weighted by molar-refractivity contribution is 7.89. The van der Waals surface area contributed by atoms with E-state index in [2.05, 4.69) is 10.0 Å². The van der Waals surface area contributed by atoms with Gasteiger partial charge in [-0.2, -0.15) is 0 Å². The lowest BCUT2D eigenvalue weighted by atomic mass is 10.0. The molecule has 116 valence electrons. The third-order valence-corrected chi connectivity index (χ3v) is 5.28. The Morgan fingerprint density at radius 3 is 2.67 bits per heavy atom. The normalized spacial score (nSPS) is 22.2. The van der Waals surface area contributed by atoms with Gasteiger partial charge in [-0.1, -0.05) is 25.5 Å². The van der Waals surface area contributed by atoms with Crippen LogP contribution < -0.4 is 15.8 Å². The molecule has 1 aromatic rings. The average Bonchev–Trinajstić information content (AvgIpc) is 2.85. The number of hydrogen-bond donors (Lipinski definition) is 3. The Kier molecular flexibility index (Phi) is 4.97. The fourth-order valence-corrected chi connectivity index (χ4v) is 3.81. The summed E-state index contributed by atoms with van der Waals surface area (Å²) in [5.41, 5.74) is 6.21. The van der Waals surface area contributed by atoms with Crippen LogP contribution in [0.1, 0.15) is 26.2 Å². The summed E-state index contributed by atoms with van der Waals surface area (Å²) in [5, 5.41) is 2.71. The van der Waals surface area contributed by atoms with Gasteiger partial charge in [0, 0.05) is 12.6 Å². The van der Waals surface area contributed by atoms with Crippen LogP contribution in [0.5, 0.6) is 0 Å². The van der Waals surface area contributed by atoms with Gasteiger partial charge in [0.15, 0.2) is 0 Å². The molecule has 1 aliphatic rings. The van der Waals surface area contributed by atoms with Crippen LogP contribution in [-0.2, 0) is 14.8 Å². The molecule has 0 spiro atoms. The first-order valence-corrected chi connectivity index (χ1v) is 8.59. The number of carbonyl (C=O) groups excluding carboxylic acids is 1. The highest BCUT2D eigenvalue weighted by atomic mass is 32.2. The fourth-order valence-electron chi connectivity index (χ4n) is 2.61. The minimum Gasteiger partial charge on any atom is -0.327 e. The third-order valence-electron chi connectivity index (χ3n) is 3.67. The van der Waals surface area contributed by atoms with E-state index in [1.165, 1.54) is 6.07 Å². The molecule has 1 saturated carbocycles. The van der Waals surface area contributed by atoms with Crippen molar-refractivity contribution in [3.05, 3.63) is 24.3 Å². The van der Waals surface area contributed by atoms with E-state index in [-0.39, 0.29) is 29.3 Å². The maximum atomic E-state index is 12.3. The molecule has 1 aliphatic carbocycles. The quantitative estimate of drug-likeness (QED) is 0.756. The Bertz CT molecular complexity index is 616. The minimum atomic E-state index is -3.62. The Hall–Kier alpha value is -1.44. The summed E-state index contributed by atoms with van der Waals surface area (Å²) in [6.07, 6.45) is 2.50. The van der Waals surface area contributed by atoms with Gasteiger partial charge in [0.1, 0.15) is 4.90 Å². The molecule has 1 fully saturated rings. The third kappa shape index (κ3) is 3.61. The van der Waals surface area contributed by atoms with E-state index in [0.29, 0.717) is 5.69 Å². The standard InChI is InChI=1S/C14H21N3O3S/c1-2-16-21(19,20)13-9-4-3-8-12(13)17-14(18)10-6-5-7-11(10)15/h3-4,8-11,16H,2,5-7,15H2,1H3,(H,17,18). The van der Waals surface area contributed by atoms with E-state index in [4.69, 9.17) is 5.73 Å². The van der Waals surface area contributed by atoms with Gasteiger partial charge in [0.25, 0.3) is 0 Å². The monoisotopic (exact) mass is 311 g/mol. The van der Waals surface area contributed by atoms with Gasteiger partial charge in [0.05, 0.1) is 11.6 Å². The van der Waals surface area contributed by atoms with Crippen molar-refractivity contribution in [3.8, 4) is 0 Å². The number of para-hydroxylation sites is 1. The number of benzene rings is 1. The highest BCUT2D eigenvalue weighted by Gasteiger charge is 2.31. The number of hydrogen-bond acceptors (Lipinski definition) is 4. The van der Waals surface area contributed by atoms with Gasteiger partial charge in [-0.15, -0.1) is 0 Å². The van der Waals surface area contributed by atoms with E-state index in [1.807, 2.05) is 0 Å². The largest absolute Gasteiger partial charge is 0.327 e. The maximum Gasteiger partial charge on any atom is 0.242 e. The number of rotatable bonds is 5. The van der Waals surface area contributed by atoms with Gasteiger partial charge in [-0.25, -0.2) is 13.1 Å². The summed E-state index contributed by atoms with van der Waals surface area (Å²) in [6, 6.07) is 6.23. The highest BCUT2D eigenvalue weighted by Crippen LogP contribution is 2.27. The molecule has 0 radical (unpaired) electrons. The van der Waals surface area contributed by atoms with E-state index in [1.54, 1.807) is 25.1 Å². The van der Waals surface area contributed by atoms with E-state index in [9.17, 15) is 13.2 Å². The first kappa shape index (κ1) is 15.9. The van der Waals surface area contributed by atoms with Gasteiger partial charge in [-0.05, 0) is 25.0 Å². The molecule has 21 heavy (non-hydrogen) atoms. The SMILES string of the molecule is CCNS(=O)(=O)c1ccccc1NC(=O)C1CCCC1N. The number of amides is 1. The first-order chi connectivity index (χ1) is 9.95. The Labute approximate surface area is 125 Å². The lowest BCUT2D eigenvalue weighted by Gasteiger charge is -2.17. The number of carbonyl (C=O) groups is 1. The van der Waals surface area contributed by atoms with Crippen molar-refractivity contribution >= 4 is 21.6 Å². The van der Waals surface area contributed by atoms with E-state index < -0.39 is 10.0 Å². The molecule has 0 aliphatic heterocycles. The molecule has 6 nitrogen and oxygen atoms in total. The second-order valence-electron chi connectivity index (χ2n) is 5.19. The van der Waals surface area contributed by atoms with Crippen molar-refractivity contribution in [2.75, 3.05) is 11.9 Å². The van der Waals surface area contributed by atoms with E-state index in [0.717, 1.165) is 19.3 Å². The molecule has 1 amide bonds. The summed E-state index contributed by atoms with van der Waals surface area (Å²) in [6.45, 7) is 1.99. The van der Waals surface area contributed by atoms with Crippen molar-refractivity contribution in [1.82, 2.24) is 4.72 Å². The smallest absolute Gasteiger partial charge is 0.242 e. The molecule has 4 N–H and O–H groups in total. The van der Waals surface area contributed by atoms with Crippen molar-refractivity contribution in [2.24, 2.45) is 11.7 Å². The topological polar surface area (TPSA) is 101 Å². The Morgan fingerprint density at radius 1 is 1.33 bits per heavy atom. The van der Waals surface area contributed by atoms with E-state index >= 15 is 0 Å². The van der Waals surface area contributed by atoms with Gasteiger partial charge in [0.2, 0.25) is 15.9 Å². The molecule has 0 aromatic heterocycles. The summed E-state index contributed by atoms with van der Waals surface area (Å²) in [4.78, 5) is 12.3. The summed E-state index contributed by atoms with van der Waals surface area (Å²) < 4.78 is 26.7. The number of anilines is 1. The van der Waals surface area contributed by atoms with Crippen LogP contribution >= 0.6 is 0 Å². The molecular weight excluding hydrogens is 290 g/mol. The maximum absolute atomic E-state index is 12.3. The fraction of sp³-hybridized carbons (Fsp3) is 0.500. The van der Waals surface area contributed by atoms with Gasteiger partial charge < -0.3 is 11.1 Å². The van der Waals surface area contributed by atoms with Gasteiger partial charge >= 0.3 is 0 Å². The molecule has 7 heteroatoms.